The van der Waals surface area contributed by atoms with E-state index in [0.717, 1.165) is 5.56 Å². The van der Waals surface area contributed by atoms with Crippen molar-refractivity contribution in [2.75, 3.05) is 40.3 Å². The molecule has 1 aromatic heterocycles. The smallest absolute Gasteiger partial charge is 0.343 e. The van der Waals surface area contributed by atoms with Gasteiger partial charge in [-0.2, -0.15) is 0 Å². The molecule has 0 fully saturated rings. The average Bonchev–Trinajstić information content (AvgIpc) is 3.73. The van der Waals surface area contributed by atoms with E-state index in [4.69, 9.17) is 37.9 Å². The Balaban J connectivity index is 1.37. The molecule has 2 aliphatic heterocycles. The average molecular weight is 731 g/mol. The van der Waals surface area contributed by atoms with E-state index < -0.39 is 18.0 Å². The van der Waals surface area contributed by atoms with Crippen LogP contribution in [-0.4, -0.2) is 56.8 Å². The minimum Gasteiger partial charge on any atom is -0.490 e. The highest BCUT2D eigenvalue weighted by Crippen LogP contribution is 2.37. The highest BCUT2D eigenvalue weighted by molar-refractivity contribution is 7.07. The number of allylic oxidation sites excluding steroid dienone is 1. The molecule has 0 amide bonds. The summed E-state index contributed by atoms with van der Waals surface area (Å²) in [7, 11) is 1.27. The summed E-state index contributed by atoms with van der Waals surface area (Å²) in [5, 5.41) is 0. The van der Waals surface area contributed by atoms with Crippen molar-refractivity contribution in [3.8, 4) is 34.5 Å². The number of esters is 2. The summed E-state index contributed by atoms with van der Waals surface area (Å²) < 4.78 is 46.4. The Morgan fingerprint density at radius 2 is 1.62 bits per heavy atom. The number of nitrogens with zero attached hydrogens (tertiary/aromatic N) is 2. The second-order valence-electron chi connectivity index (χ2n) is 11.4. The molecule has 1 atom stereocenters. The Morgan fingerprint density at radius 3 is 2.37 bits per heavy atom. The molecule has 2 aliphatic rings. The Kier molecular flexibility index (Phi) is 11.1. The summed E-state index contributed by atoms with van der Waals surface area (Å²) in [6, 6.07) is 15.2. The van der Waals surface area contributed by atoms with E-state index in [1.54, 1.807) is 44.2 Å². The molecule has 4 aromatic rings. The van der Waals surface area contributed by atoms with Gasteiger partial charge in [0, 0.05) is 0 Å². The molecule has 0 saturated heterocycles. The Bertz CT molecular complexity index is 2200. The first kappa shape index (κ1) is 36.0. The number of carbonyl (C=O) groups is 2. The lowest BCUT2D eigenvalue weighted by Crippen LogP contribution is -2.40. The summed E-state index contributed by atoms with van der Waals surface area (Å²) in [4.78, 5) is 44.5. The SMILES string of the molecule is CCOC(=O)C1=C(C)N=c2s/c(=C\c3ccc(OCc4ccc5c(c4)OCO5)c(OCC)c3)c(=O)n2[C@@H]1c1ccc(OCC(=O)OC)c(OCC)c1. The van der Waals surface area contributed by atoms with Crippen LogP contribution in [0.25, 0.3) is 6.08 Å². The number of rotatable bonds is 14. The number of hydrogen-bond acceptors (Lipinski definition) is 13. The molecule has 3 heterocycles. The number of thiazole rings is 1. The first-order chi connectivity index (χ1) is 25.2. The van der Waals surface area contributed by atoms with Crippen molar-refractivity contribution in [3.63, 3.8) is 0 Å². The molecule has 13 nitrogen and oxygen atoms in total. The molecule has 52 heavy (non-hydrogen) atoms. The zero-order valence-corrected chi connectivity index (χ0v) is 30.2. The van der Waals surface area contributed by atoms with Gasteiger partial charge in [0.2, 0.25) is 6.79 Å². The second kappa shape index (κ2) is 16.1. The van der Waals surface area contributed by atoms with Crippen molar-refractivity contribution in [3.05, 3.63) is 102 Å². The van der Waals surface area contributed by atoms with Gasteiger partial charge in [-0.3, -0.25) is 9.36 Å². The Labute approximate surface area is 303 Å². The van der Waals surface area contributed by atoms with Gasteiger partial charge in [0.1, 0.15) is 6.61 Å². The van der Waals surface area contributed by atoms with Gasteiger partial charge in [-0.05, 0) is 86.9 Å². The van der Waals surface area contributed by atoms with E-state index in [1.807, 2.05) is 44.2 Å². The van der Waals surface area contributed by atoms with Crippen molar-refractivity contribution >= 4 is 29.4 Å². The van der Waals surface area contributed by atoms with E-state index in [0.29, 0.717) is 73.9 Å². The van der Waals surface area contributed by atoms with Crippen LogP contribution in [0, 0.1) is 0 Å². The second-order valence-corrected chi connectivity index (χ2v) is 12.4. The molecular weight excluding hydrogens is 692 g/mol. The fourth-order valence-corrected chi connectivity index (χ4v) is 6.78. The zero-order chi connectivity index (χ0) is 36.8. The molecule has 0 saturated carbocycles. The first-order valence-electron chi connectivity index (χ1n) is 16.7. The third-order valence-corrected chi connectivity index (χ3v) is 9.05. The number of ether oxygens (including phenoxy) is 8. The zero-order valence-electron chi connectivity index (χ0n) is 29.4. The van der Waals surface area contributed by atoms with Gasteiger partial charge < -0.3 is 37.9 Å². The van der Waals surface area contributed by atoms with Crippen LogP contribution in [0.2, 0.25) is 0 Å². The molecule has 0 N–H and O–H groups in total. The summed E-state index contributed by atoms with van der Waals surface area (Å²) in [6.07, 6.45) is 1.75. The van der Waals surface area contributed by atoms with Gasteiger partial charge in [0.05, 0.1) is 48.8 Å². The van der Waals surface area contributed by atoms with Gasteiger partial charge in [0.15, 0.2) is 45.9 Å². The van der Waals surface area contributed by atoms with Crippen LogP contribution < -0.4 is 43.3 Å². The molecule has 0 aliphatic carbocycles. The van der Waals surface area contributed by atoms with Gasteiger partial charge in [-0.1, -0.05) is 29.5 Å². The highest BCUT2D eigenvalue weighted by Gasteiger charge is 2.34. The fraction of sp³-hybridized carbons (Fsp3) is 0.316. The maximum absolute atomic E-state index is 14.3. The van der Waals surface area contributed by atoms with E-state index in [9.17, 15) is 14.4 Å². The van der Waals surface area contributed by atoms with Crippen molar-refractivity contribution in [1.29, 1.82) is 0 Å². The predicted octanol–water partition coefficient (Wildman–Crippen LogP) is 4.46. The molecule has 14 heteroatoms. The van der Waals surface area contributed by atoms with E-state index in [-0.39, 0.29) is 37.7 Å². The maximum Gasteiger partial charge on any atom is 0.343 e. The van der Waals surface area contributed by atoms with Crippen LogP contribution in [0.1, 0.15) is 50.4 Å². The summed E-state index contributed by atoms with van der Waals surface area (Å²) >= 11 is 1.20. The normalized spacial score (nSPS) is 14.7. The third-order valence-electron chi connectivity index (χ3n) is 8.07. The number of benzene rings is 3. The molecule has 0 radical (unpaired) electrons. The van der Waals surface area contributed by atoms with Crippen LogP contribution >= 0.6 is 11.3 Å². The van der Waals surface area contributed by atoms with Crippen molar-refractivity contribution in [2.24, 2.45) is 4.99 Å². The minimum atomic E-state index is -0.891. The van der Waals surface area contributed by atoms with Crippen molar-refractivity contribution in [2.45, 2.75) is 40.3 Å². The minimum absolute atomic E-state index is 0.135. The Morgan fingerprint density at radius 1 is 0.885 bits per heavy atom. The van der Waals surface area contributed by atoms with E-state index >= 15 is 0 Å². The number of methoxy groups -OCH3 is 1. The molecule has 0 bridgehead atoms. The van der Waals surface area contributed by atoms with Gasteiger partial charge in [0.25, 0.3) is 5.56 Å². The predicted molar refractivity (Wildman–Crippen MR) is 190 cm³/mol. The summed E-state index contributed by atoms with van der Waals surface area (Å²) in [5.41, 5.74) is 2.44. The lowest BCUT2D eigenvalue weighted by Gasteiger charge is -2.25. The quantitative estimate of drug-likeness (QED) is 0.170. The lowest BCUT2D eigenvalue weighted by molar-refractivity contribution is -0.143. The molecule has 0 spiro atoms. The standard InChI is InChI=1S/C38H38N2O11S/c1-6-45-29-15-23(9-12-26(29)48-19-24-10-13-28-30(16-24)51-21-50-28)17-32-36(42)40-35(34(37(43)47-8-3)22(4)39-38(40)52-32)25-11-14-27(31(18-25)46-7-2)49-20-33(41)44-5/h9-18,35H,6-8,19-21H2,1-5H3/b32-17-/t35-/m1/s1. The number of hydrogen-bond donors (Lipinski definition) is 0. The van der Waals surface area contributed by atoms with Crippen molar-refractivity contribution in [1.82, 2.24) is 4.57 Å². The van der Waals surface area contributed by atoms with Gasteiger partial charge in [-0.25, -0.2) is 14.6 Å². The van der Waals surface area contributed by atoms with E-state index in [2.05, 4.69) is 4.99 Å². The first-order valence-corrected chi connectivity index (χ1v) is 17.5. The number of carbonyl (C=O) groups excluding carboxylic acids is 2. The molecule has 0 unspecified atom stereocenters. The number of aromatic nitrogens is 1. The Hall–Kier alpha value is -5.76. The van der Waals surface area contributed by atoms with Crippen LogP contribution in [-0.2, 0) is 25.7 Å². The lowest BCUT2D eigenvalue weighted by atomic mass is 9.95. The van der Waals surface area contributed by atoms with E-state index in [1.165, 1.54) is 23.0 Å². The van der Waals surface area contributed by atoms with Crippen LogP contribution in [0.5, 0.6) is 34.5 Å². The topological polar surface area (TPSA) is 142 Å². The van der Waals surface area contributed by atoms with Crippen molar-refractivity contribution < 1.29 is 47.5 Å². The fourth-order valence-electron chi connectivity index (χ4n) is 5.73. The van der Waals surface area contributed by atoms with Crippen LogP contribution in [0.15, 0.2) is 75.7 Å². The van der Waals surface area contributed by atoms with Gasteiger partial charge >= 0.3 is 11.9 Å². The number of fused-ring (bicyclic) bond motifs is 2. The highest BCUT2D eigenvalue weighted by atomic mass is 32.1. The molecule has 3 aromatic carbocycles. The largest absolute Gasteiger partial charge is 0.490 e. The third kappa shape index (κ3) is 7.61. The molecule has 272 valence electrons. The summed E-state index contributed by atoms with van der Waals surface area (Å²) in [6.45, 7) is 8.09. The van der Waals surface area contributed by atoms with Crippen LogP contribution in [0.4, 0.5) is 0 Å². The van der Waals surface area contributed by atoms with Gasteiger partial charge in [-0.15, -0.1) is 0 Å². The molecule has 6 rings (SSSR count). The maximum atomic E-state index is 14.3. The monoisotopic (exact) mass is 730 g/mol. The summed E-state index contributed by atoms with van der Waals surface area (Å²) in [5.74, 6) is 1.90. The molecular formula is C38H38N2O11S. The van der Waals surface area contributed by atoms with Crippen LogP contribution in [0.3, 0.4) is 0 Å².